The maximum atomic E-state index is 13.7. The molecule has 3 rings (SSSR count). The van der Waals surface area contributed by atoms with Gasteiger partial charge in [-0.3, -0.25) is 14.2 Å². The van der Waals surface area contributed by atoms with Gasteiger partial charge in [-0.05, 0) is 50.2 Å². The largest absolute Gasteiger partial charge is 0.494 e. The number of hydrogen-bond donors (Lipinski definition) is 1. The third-order valence-corrected chi connectivity index (χ3v) is 4.72. The van der Waals surface area contributed by atoms with Gasteiger partial charge in [0.1, 0.15) is 0 Å². The van der Waals surface area contributed by atoms with Crippen molar-refractivity contribution >= 4 is 33.1 Å². The fourth-order valence-corrected chi connectivity index (χ4v) is 3.67. The minimum atomic E-state index is -0.599. The van der Waals surface area contributed by atoms with Gasteiger partial charge in [0.15, 0.2) is 11.6 Å². The number of ether oxygens (including phenoxy) is 1. The van der Waals surface area contributed by atoms with Crippen LogP contribution in [-0.4, -0.2) is 17.6 Å². The molecule has 5 nitrogen and oxygen atoms in total. The second-order valence-corrected chi connectivity index (χ2v) is 6.81. The third-order valence-electron chi connectivity index (χ3n) is 3.80. The molecule has 130 valence electrons. The number of halogens is 1. The summed E-state index contributed by atoms with van der Waals surface area (Å²) in [5.74, 6) is -0.952. The monoisotopic (exact) mass is 360 g/mol. The van der Waals surface area contributed by atoms with Crippen LogP contribution in [0.25, 0.3) is 10.2 Å². The number of nitrogens with zero attached hydrogens (tertiary/aromatic N) is 1. The average Bonchev–Trinajstić information content (AvgIpc) is 2.89. The van der Waals surface area contributed by atoms with Crippen molar-refractivity contribution in [3.63, 3.8) is 0 Å². The van der Waals surface area contributed by atoms with Gasteiger partial charge in [-0.25, -0.2) is 4.39 Å². The second kappa shape index (κ2) is 6.68. The van der Waals surface area contributed by atoms with Gasteiger partial charge in [-0.2, -0.15) is 0 Å². The van der Waals surface area contributed by atoms with Gasteiger partial charge in [0, 0.05) is 17.3 Å². The lowest BCUT2D eigenvalue weighted by Gasteiger charge is -2.09. The van der Waals surface area contributed by atoms with E-state index in [1.54, 1.807) is 22.8 Å². The first-order valence-electron chi connectivity index (χ1n) is 7.70. The lowest BCUT2D eigenvalue weighted by molar-refractivity contribution is 0.102. The molecule has 1 amide bonds. The van der Waals surface area contributed by atoms with Crippen molar-refractivity contribution in [2.24, 2.45) is 0 Å². The number of hydrogen-bond acceptors (Lipinski definition) is 4. The third kappa shape index (κ3) is 3.28. The van der Waals surface area contributed by atoms with E-state index in [4.69, 9.17) is 4.74 Å². The van der Waals surface area contributed by atoms with E-state index in [1.165, 1.54) is 19.2 Å². The summed E-state index contributed by atoms with van der Waals surface area (Å²) in [6.07, 6.45) is 0. The molecule has 1 N–H and O–H groups in total. The highest BCUT2D eigenvalue weighted by Crippen LogP contribution is 2.25. The zero-order valence-corrected chi connectivity index (χ0v) is 14.8. The van der Waals surface area contributed by atoms with E-state index >= 15 is 0 Å². The predicted molar refractivity (Wildman–Crippen MR) is 97.4 cm³/mol. The Morgan fingerprint density at radius 2 is 2.00 bits per heavy atom. The van der Waals surface area contributed by atoms with Gasteiger partial charge in [-0.1, -0.05) is 11.3 Å². The molecule has 7 heteroatoms. The zero-order valence-electron chi connectivity index (χ0n) is 14.0. The Hall–Kier alpha value is -2.67. The Morgan fingerprint density at radius 1 is 1.24 bits per heavy atom. The van der Waals surface area contributed by atoms with Crippen LogP contribution in [0.4, 0.5) is 10.1 Å². The molecule has 0 saturated carbocycles. The molecular weight excluding hydrogens is 343 g/mol. The highest BCUT2D eigenvalue weighted by Gasteiger charge is 2.13. The van der Waals surface area contributed by atoms with Gasteiger partial charge in [0.25, 0.3) is 5.91 Å². The fraction of sp³-hybridized carbons (Fsp3) is 0.222. The topological polar surface area (TPSA) is 60.3 Å². The molecule has 0 saturated heterocycles. The summed E-state index contributed by atoms with van der Waals surface area (Å²) in [7, 11) is 1.36. The number of aromatic nitrogens is 1. The number of benzene rings is 2. The van der Waals surface area contributed by atoms with Crippen molar-refractivity contribution < 1.29 is 13.9 Å². The summed E-state index contributed by atoms with van der Waals surface area (Å²) in [4.78, 5) is 24.3. The lowest BCUT2D eigenvalue weighted by Crippen LogP contribution is -2.14. The summed E-state index contributed by atoms with van der Waals surface area (Å²) in [5.41, 5.74) is 1.57. The molecule has 0 atom stereocenters. The first-order valence-corrected chi connectivity index (χ1v) is 8.52. The molecule has 25 heavy (non-hydrogen) atoms. The minimum absolute atomic E-state index is 0.0364. The second-order valence-electron chi connectivity index (χ2n) is 5.82. The Balaban J connectivity index is 1.89. The smallest absolute Gasteiger partial charge is 0.308 e. The fourth-order valence-electron chi connectivity index (χ4n) is 2.61. The van der Waals surface area contributed by atoms with Crippen molar-refractivity contribution in [2.75, 3.05) is 12.4 Å². The van der Waals surface area contributed by atoms with E-state index in [9.17, 15) is 14.0 Å². The number of thiazole rings is 1. The number of methoxy groups -OCH3 is 1. The molecule has 2 aromatic carbocycles. The van der Waals surface area contributed by atoms with E-state index in [1.807, 2.05) is 13.8 Å². The molecule has 0 aliphatic heterocycles. The number of carbonyl (C=O) groups is 1. The van der Waals surface area contributed by atoms with Crippen LogP contribution >= 0.6 is 11.3 Å². The molecule has 0 unspecified atom stereocenters. The molecule has 0 radical (unpaired) electrons. The van der Waals surface area contributed by atoms with Crippen molar-refractivity contribution in [3.8, 4) is 5.75 Å². The lowest BCUT2D eigenvalue weighted by atomic mass is 10.2. The molecule has 1 aromatic heterocycles. The highest BCUT2D eigenvalue weighted by molar-refractivity contribution is 7.16. The first kappa shape index (κ1) is 17.2. The van der Waals surface area contributed by atoms with Crippen molar-refractivity contribution in [1.82, 2.24) is 4.57 Å². The Labute approximate surface area is 147 Å². The van der Waals surface area contributed by atoms with E-state index in [-0.39, 0.29) is 22.2 Å². The van der Waals surface area contributed by atoms with Crippen LogP contribution in [0.3, 0.4) is 0 Å². The molecule has 0 bridgehead atoms. The molecule has 0 aliphatic carbocycles. The Morgan fingerprint density at radius 3 is 2.64 bits per heavy atom. The van der Waals surface area contributed by atoms with E-state index in [2.05, 4.69) is 5.32 Å². The summed E-state index contributed by atoms with van der Waals surface area (Å²) in [5, 5.41) is 2.72. The minimum Gasteiger partial charge on any atom is -0.494 e. The van der Waals surface area contributed by atoms with Gasteiger partial charge in [0.2, 0.25) is 0 Å². The maximum Gasteiger partial charge on any atom is 0.308 e. The van der Waals surface area contributed by atoms with Crippen LogP contribution in [-0.2, 0) is 0 Å². The first-order chi connectivity index (χ1) is 11.9. The van der Waals surface area contributed by atoms with Crippen LogP contribution in [0, 0.1) is 5.82 Å². The molecular formula is C18H17FN2O3S. The van der Waals surface area contributed by atoms with Crippen LogP contribution < -0.4 is 14.9 Å². The van der Waals surface area contributed by atoms with Crippen LogP contribution in [0.15, 0.2) is 41.2 Å². The number of fused-ring (bicyclic) bond motifs is 1. The molecule has 0 fully saturated rings. The van der Waals surface area contributed by atoms with Crippen molar-refractivity contribution in [3.05, 3.63) is 57.4 Å². The van der Waals surface area contributed by atoms with Gasteiger partial charge >= 0.3 is 4.87 Å². The van der Waals surface area contributed by atoms with E-state index in [0.717, 1.165) is 27.6 Å². The summed E-state index contributed by atoms with van der Waals surface area (Å²) < 4.78 is 21.1. The predicted octanol–water partition coefficient (Wildman–Crippen LogP) is 4.04. The number of anilines is 1. The van der Waals surface area contributed by atoms with E-state index in [0.29, 0.717) is 5.69 Å². The van der Waals surface area contributed by atoms with Gasteiger partial charge < -0.3 is 10.1 Å². The number of carbonyl (C=O) groups excluding carboxylic acids is 1. The Kier molecular flexibility index (Phi) is 4.59. The van der Waals surface area contributed by atoms with Gasteiger partial charge in [0.05, 0.1) is 17.3 Å². The molecule has 0 aliphatic rings. The standard InChI is InChI=1S/C18H17FN2O3S/c1-10(2)21-14-6-5-12(9-16(14)25-18(21)23)20-17(22)11-4-7-15(24-3)13(19)8-11/h4-10H,1-3H3,(H,20,22). The Bertz CT molecular complexity index is 1010. The maximum absolute atomic E-state index is 13.7. The van der Waals surface area contributed by atoms with Crippen LogP contribution in [0.5, 0.6) is 5.75 Å². The summed E-state index contributed by atoms with van der Waals surface area (Å²) in [6, 6.07) is 9.36. The number of nitrogens with one attached hydrogen (secondary N) is 1. The van der Waals surface area contributed by atoms with Crippen LogP contribution in [0.1, 0.15) is 30.2 Å². The zero-order chi connectivity index (χ0) is 18.1. The molecule has 0 spiro atoms. The highest BCUT2D eigenvalue weighted by atomic mass is 32.1. The molecule has 3 aromatic rings. The van der Waals surface area contributed by atoms with Crippen LogP contribution in [0.2, 0.25) is 0 Å². The normalized spacial score (nSPS) is 11.1. The number of rotatable bonds is 4. The average molecular weight is 360 g/mol. The summed E-state index contributed by atoms with van der Waals surface area (Å²) >= 11 is 1.13. The van der Waals surface area contributed by atoms with Crippen molar-refractivity contribution in [2.45, 2.75) is 19.9 Å². The summed E-state index contributed by atoms with van der Waals surface area (Å²) in [6.45, 7) is 3.89. The number of amides is 1. The SMILES string of the molecule is COc1ccc(C(=O)Nc2ccc3c(c2)sc(=O)n3C(C)C)cc1F. The van der Waals surface area contributed by atoms with E-state index < -0.39 is 11.7 Å². The van der Waals surface area contributed by atoms with Gasteiger partial charge in [-0.15, -0.1) is 0 Å². The molecule has 1 heterocycles. The quantitative estimate of drug-likeness (QED) is 0.764. The van der Waals surface area contributed by atoms with Crippen molar-refractivity contribution in [1.29, 1.82) is 0 Å².